The van der Waals surface area contributed by atoms with Crippen molar-refractivity contribution in [3.8, 4) is 0 Å². The van der Waals surface area contributed by atoms with Crippen LogP contribution in [-0.4, -0.2) is 33.5 Å². The van der Waals surface area contributed by atoms with E-state index in [9.17, 15) is 4.39 Å². The van der Waals surface area contributed by atoms with Crippen LogP contribution in [0.15, 0.2) is 36.9 Å². The van der Waals surface area contributed by atoms with Gasteiger partial charge in [0.1, 0.15) is 17.7 Å². The van der Waals surface area contributed by atoms with Gasteiger partial charge in [-0.25, -0.2) is 19.3 Å². The molecule has 0 unspecified atom stereocenters. The topological polar surface area (TPSA) is 57.7 Å². The molecular formula is C14H14FN5. The Labute approximate surface area is 115 Å². The van der Waals surface area contributed by atoms with Crippen LogP contribution in [0.1, 0.15) is 5.56 Å². The molecule has 0 saturated carbocycles. The molecule has 6 heteroatoms. The summed E-state index contributed by atoms with van der Waals surface area (Å²) in [5.74, 6) is 0.603. The predicted molar refractivity (Wildman–Crippen MR) is 75.1 cm³/mol. The fourth-order valence-corrected chi connectivity index (χ4v) is 2.10. The number of halogens is 1. The van der Waals surface area contributed by atoms with Gasteiger partial charge in [0.2, 0.25) is 0 Å². The number of H-pyrrole nitrogens is 1. The van der Waals surface area contributed by atoms with Gasteiger partial charge in [0.25, 0.3) is 0 Å². The van der Waals surface area contributed by atoms with Crippen LogP contribution in [0.5, 0.6) is 0 Å². The van der Waals surface area contributed by atoms with E-state index in [1.54, 1.807) is 18.5 Å². The summed E-state index contributed by atoms with van der Waals surface area (Å²) < 4.78 is 12.9. The van der Waals surface area contributed by atoms with Gasteiger partial charge < -0.3 is 9.88 Å². The van der Waals surface area contributed by atoms with Crippen molar-refractivity contribution in [3.05, 3.63) is 48.3 Å². The Morgan fingerprint density at radius 1 is 1.15 bits per heavy atom. The third-order valence-electron chi connectivity index (χ3n) is 3.21. The normalized spacial score (nSPS) is 10.9. The maximum atomic E-state index is 12.9. The highest BCUT2D eigenvalue weighted by molar-refractivity contribution is 5.82. The van der Waals surface area contributed by atoms with Crippen molar-refractivity contribution in [2.45, 2.75) is 6.42 Å². The highest BCUT2D eigenvalue weighted by Crippen LogP contribution is 2.18. The van der Waals surface area contributed by atoms with Crippen LogP contribution in [0.2, 0.25) is 0 Å². The molecule has 1 aromatic carbocycles. The first-order valence-electron chi connectivity index (χ1n) is 6.34. The molecule has 1 N–H and O–H groups in total. The van der Waals surface area contributed by atoms with Gasteiger partial charge in [0, 0.05) is 13.6 Å². The summed E-state index contributed by atoms with van der Waals surface area (Å²) in [6, 6.07) is 6.56. The lowest BCUT2D eigenvalue weighted by Gasteiger charge is -2.18. The summed E-state index contributed by atoms with van der Waals surface area (Å²) in [6.45, 7) is 0.775. The molecule has 0 saturated heterocycles. The number of imidazole rings is 1. The summed E-state index contributed by atoms with van der Waals surface area (Å²) >= 11 is 0. The zero-order valence-electron chi connectivity index (χ0n) is 11.0. The van der Waals surface area contributed by atoms with E-state index in [-0.39, 0.29) is 5.82 Å². The molecule has 0 amide bonds. The molecule has 0 aliphatic carbocycles. The van der Waals surface area contributed by atoms with E-state index in [2.05, 4.69) is 19.9 Å². The van der Waals surface area contributed by atoms with Gasteiger partial charge in [-0.05, 0) is 24.1 Å². The van der Waals surface area contributed by atoms with Crippen LogP contribution < -0.4 is 4.90 Å². The Bertz CT molecular complexity index is 707. The third kappa shape index (κ3) is 2.45. The smallest absolute Gasteiger partial charge is 0.182 e. The van der Waals surface area contributed by atoms with Gasteiger partial charge in [-0.1, -0.05) is 12.1 Å². The SMILES string of the molecule is CN(CCc1ccc(F)cc1)c1ncnc2nc[nH]c12. The largest absolute Gasteiger partial charge is 0.357 e. The van der Waals surface area contributed by atoms with Gasteiger partial charge in [0.05, 0.1) is 6.33 Å². The minimum absolute atomic E-state index is 0.211. The minimum Gasteiger partial charge on any atom is -0.357 e. The van der Waals surface area contributed by atoms with Gasteiger partial charge in [0.15, 0.2) is 11.5 Å². The van der Waals surface area contributed by atoms with E-state index >= 15 is 0 Å². The molecule has 0 radical (unpaired) electrons. The van der Waals surface area contributed by atoms with E-state index in [0.29, 0.717) is 5.65 Å². The highest BCUT2D eigenvalue weighted by atomic mass is 19.1. The Morgan fingerprint density at radius 2 is 1.95 bits per heavy atom. The minimum atomic E-state index is -0.211. The van der Waals surface area contributed by atoms with Crippen LogP contribution in [0.25, 0.3) is 11.2 Å². The van der Waals surface area contributed by atoms with Crippen molar-refractivity contribution in [1.82, 2.24) is 19.9 Å². The fraction of sp³-hybridized carbons (Fsp3) is 0.214. The van der Waals surface area contributed by atoms with E-state index in [1.165, 1.54) is 18.5 Å². The molecule has 5 nitrogen and oxygen atoms in total. The number of fused-ring (bicyclic) bond motifs is 1. The summed E-state index contributed by atoms with van der Waals surface area (Å²) in [5.41, 5.74) is 2.57. The summed E-state index contributed by atoms with van der Waals surface area (Å²) in [7, 11) is 1.96. The molecule has 0 aliphatic heterocycles. The second kappa shape index (κ2) is 5.24. The first-order chi connectivity index (χ1) is 9.74. The second-order valence-corrected chi connectivity index (χ2v) is 4.60. The van der Waals surface area contributed by atoms with Gasteiger partial charge >= 0.3 is 0 Å². The second-order valence-electron chi connectivity index (χ2n) is 4.60. The summed E-state index contributed by atoms with van der Waals surface area (Å²) in [5, 5.41) is 0. The molecule has 0 fully saturated rings. The van der Waals surface area contributed by atoms with Gasteiger partial charge in [-0.2, -0.15) is 0 Å². The lowest BCUT2D eigenvalue weighted by atomic mass is 10.1. The van der Waals surface area contributed by atoms with Crippen molar-refractivity contribution >= 4 is 17.0 Å². The molecule has 20 heavy (non-hydrogen) atoms. The standard InChI is InChI=1S/C14H14FN5/c1-20(7-6-10-2-4-11(15)5-3-10)14-12-13(17-8-16-12)18-9-19-14/h2-5,8-9H,6-7H2,1H3,(H,16,17,18,19). The molecule has 3 rings (SSSR count). The molecule has 0 spiro atoms. The number of aromatic amines is 1. The maximum Gasteiger partial charge on any atom is 0.182 e. The monoisotopic (exact) mass is 271 g/mol. The van der Waals surface area contributed by atoms with Crippen molar-refractivity contribution < 1.29 is 4.39 Å². The van der Waals surface area contributed by atoms with Crippen molar-refractivity contribution in [1.29, 1.82) is 0 Å². The molecule has 102 valence electrons. The third-order valence-corrected chi connectivity index (χ3v) is 3.21. The summed E-state index contributed by atoms with van der Waals surface area (Å²) in [4.78, 5) is 17.6. The van der Waals surface area contributed by atoms with E-state index in [1.807, 2.05) is 11.9 Å². The zero-order valence-corrected chi connectivity index (χ0v) is 11.0. The molecule has 0 atom stereocenters. The Kier molecular flexibility index (Phi) is 3.28. The number of benzene rings is 1. The average Bonchev–Trinajstić information content (AvgIpc) is 2.94. The van der Waals surface area contributed by atoms with Gasteiger partial charge in [-0.15, -0.1) is 0 Å². The number of rotatable bonds is 4. The number of nitrogens with one attached hydrogen (secondary N) is 1. The molecule has 2 heterocycles. The van der Waals surface area contributed by atoms with Crippen LogP contribution >= 0.6 is 0 Å². The Morgan fingerprint density at radius 3 is 2.75 bits per heavy atom. The molecular weight excluding hydrogens is 257 g/mol. The Hall–Kier alpha value is -2.50. The Balaban J connectivity index is 1.74. The van der Waals surface area contributed by atoms with E-state index in [0.717, 1.165) is 29.9 Å². The van der Waals surface area contributed by atoms with Crippen molar-refractivity contribution in [2.24, 2.45) is 0 Å². The first-order valence-corrected chi connectivity index (χ1v) is 6.34. The van der Waals surface area contributed by atoms with Crippen molar-refractivity contribution in [3.63, 3.8) is 0 Å². The quantitative estimate of drug-likeness (QED) is 0.790. The molecule has 2 aromatic heterocycles. The molecule has 0 aliphatic rings. The van der Waals surface area contributed by atoms with E-state index < -0.39 is 0 Å². The highest BCUT2D eigenvalue weighted by Gasteiger charge is 2.10. The number of nitrogens with zero attached hydrogens (tertiary/aromatic N) is 4. The number of anilines is 1. The fourth-order valence-electron chi connectivity index (χ4n) is 2.10. The average molecular weight is 271 g/mol. The number of hydrogen-bond acceptors (Lipinski definition) is 4. The summed E-state index contributed by atoms with van der Waals surface area (Å²) in [6.07, 6.45) is 3.93. The zero-order chi connectivity index (χ0) is 13.9. The molecule has 0 bridgehead atoms. The van der Waals surface area contributed by atoms with Crippen LogP contribution in [0.4, 0.5) is 10.2 Å². The molecule has 3 aromatic rings. The predicted octanol–water partition coefficient (Wildman–Crippen LogP) is 2.17. The number of hydrogen-bond donors (Lipinski definition) is 1. The van der Waals surface area contributed by atoms with E-state index in [4.69, 9.17) is 0 Å². The van der Waals surface area contributed by atoms with Crippen LogP contribution in [-0.2, 0) is 6.42 Å². The number of aromatic nitrogens is 4. The number of likely N-dealkylation sites (N-methyl/N-ethyl adjacent to an activating group) is 1. The lowest BCUT2D eigenvalue weighted by molar-refractivity contribution is 0.627. The van der Waals surface area contributed by atoms with Crippen molar-refractivity contribution in [2.75, 3.05) is 18.5 Å². The van der Waals surface area contributed by atoms with Crippen LogP contribution in [0.3, 0.4) is 0 Å². The lowest BCUT2D eigenvalue weighted by Crippen LogP contribution is -2.21. The van der Waals surface area contributed by atoms with Crippen LogP contribution in [0, 0.1) is 5.82 Å². The maximum absolute atomic E-state index is 12.9. The van der Waals surface area contributed by atoms with Gasteiger partial charge in [-0.3, -0.25) is 0 Å². The first kappa shape index (κ1) is 12.5.